The number of amides is 2. The number of nitrogens with one attached hydrogen (secondary N) is 2. The van der Waals surface area contributed by atoms with Crippen LogP contribution in [-0.4, -0.2) is 74.9 Å². The number of carboxylic acids is 1. The molecule has 0 bridgehead atoms. The summed E-state index contributed by atoms with van der Waals surface area (Å²) in [6.07, 6.45) is 10.1. The summed E-state index contributed by atoms with van der Waals surface area (Å²) in [6, 6.07) is 17.4. The van der Waals surface area contributed by atoms with Crippen molar-refractivity contribution in [1.29, 1.82) is 0 Å². The predicted octanol–water partition coefficient (Wildman–Crippen LogP) is 7.93. The lowest BCUT2D eigenvalue weighted by Crippen LogP contribution is -2.49. The summed E-state index contributed by atoms with van der Waals surface area (Å²) in [7, 11) is -1.41. The fourth-order valence-corrected chi connectivity index (χ4v) is 9.91. The number of ether oxygens (including phenoxy) is 1. The zero-order valence-electron chi connectivity index (χ0n) is 32.1. The molecule has 0 saturated heterocycles. The maximum Gasteiger partial charge on any atom is 0.327 e. The SMILES string of the molecule is CCCCC1(CCCC)CN(c2ccccc2)c2cc(SC)c(OCC(=O)NC(C(=O)NC(CSC)C(=O)O)c3ccc(O)cc3)cc2S(=O)C(C)C1C. The summed E-state index contributed by atoms with van der Waals surface area (Å²) in [6.45, 7) is 9.13. The average Bonchev–Trinajstić information content (AvgIpc) is 3.18. The molecule has 1 aliphatic rings. The molecule has 54 heavy (non-hydrogen) atoms. The van der Waals surface area contributed by atoms with E-state index in [1.165, 1.54) is 47.8 Å². The Balaban J connectivity index is 1.70. The van der Waals surface area contributed by atoms with E-state index in [4.69, 9.17) is 4.74 Å². The second kappa shape index (κ2) is 20.3. The molecular formula is C41H55N3O7S3. The monoisotopic (exact) mass is 797 g/mol. The first-order chi connectivity index (χ1) is 25.9. The number of rotatable bonds is 18. The molecule has 1 aliphatic heterocycles. The Labute approximate surface area is 331 Å². The van der Waals surface area contributed by atoms with Crippen LogP contribution in [0.3, 0.4) is 0 Å². The molecular weight excluding hydrogens is 743 g/mol. The topological polar surface area (TPSA) is 145 Å². The van der Waals surface area contributed by atoms with E-state index in [0.29, 0.717) is 16.2 Å². The van der Waals surface area contributed by atoms with Gasteiger partial charge in [0, 0.05) is 23.2 Å². The van der Waals surface area contributed by atoms with E-state index in [1.54, 1.807) is 12.3 Å². The van der Waals surface area contributed by atoms with Gasteiger partial charge >= 0.3 is 5.97 Å². The third kappa shape index (κ3) is 10.5. The molecule has 0 aliphatic carbocycles. The molecule has 0 fully saturated rings. The number of benzene rings is 3. The summed E-state index contributed by atoms with van der Waals surface area (Å²) in [5.74, 6) is -1.86. The zero-order valence-corrected chi connectivity index (χ0v) is 34.6. The maximum absolute atomic E-state index is 14.7. The van der Waals surface area contributed by atoms with E-state index in [9.17, 15) is 28.8 Å². The third-order valence-corrected chi connectivity index (χ3v) is 13.7. The number of carbonyl (C=O) groups excluding carboxylic acids is 2. The lowest BCUT2D eigenvalue weighted by Gasteiger charge is -2.48. The average molecular weight is 798 g/mol. The zero-order chi connectivity index (χ0) is 39.4. The van der Waals surface area contributed by atoms with Crippen LogP contribution >= 0.6 is 23.5 Å². The van der Waals surface area contributed by atoms with Gasteiger partial charge in [-0.2, -0.15) is 11.8 Å². The Morgan fingerprint density at radius 3 is 2.20 bits per heavy atom. The van der Waals surface area contributed by atoms with Gasteiger partial charge in [0.1, 0.15) is 23.6 Å². The number of hydrogen-bond donors (Lipinski definition) is 4. The molecule has 2 amide bonds. The molecule has 0 spiro atoms. The van der Waals surface area contributed by atoms with Crippen LogP contribution < -0.4 is 20.3 Å². The number of anilines is 2. The summed E-state index contributed by atoms with van der Waals surface area (Å²) in [4.78, 5) is 42.4. The van der Waals surface area contributed by atoms with Crippen LogP contribution in [0.2, 0.25) is 0 Å². The van der Waals surface area contributed by atoms with Crippen molar-refractivity contribution in [2.45, 2.75) is 93.3 Å². The Morgan fingerprint density at radius 1 is 0.981 bits per heavy atom. The van der Waals surface area contributed by atoms with Gasteiger partial charge in [0.2, 0.25) is 5.91 Å². The molecule has 10 nitrogen and oxygen atoms in total. The summed E-state index contributed by atoms with van der Waals surface area (Å²) in [5, 5.41) is 24.5. The Bertz CT molecular complexity index is 1730. The number of fused-ring (bicyclic) bond motifs is 1. The van der Waals surface area contributed by atoms with E-state index in [0.717, 1.165) is 61.3 Å². The number of thioether (sulfide) groups is 2. The molecule has 4 rings (SSSR count). The first-order valence-electron chi connectivity index (χ1n) is 18.6. The Hall–Kier alpha value is -3.68. The molecule has 13 heteroatoms. The van der Waals surface area contributed by atoms with Gasteiger partial charge in [-0.25, -0.2) is 4.79 Å². The van der Waals surface area contributed by atoms with Gasteiger partial charge in [0.05, 0.1) is 26.3 Å². The molecule has 294 valence electrons. The smallest absolute Gasteiger partial charge is 0.327 e. The Kier molecular flexibility index (Phi) is 16.2. The van der Waals surface area contributed by atoms with Crippen molar-refractivity contribution in [3.8, 4) is 11.5 Å². The summed E-state index contributed by atoms with van der Waals surface area (Å²) >= 11 is 2.73. The molecule has 4 N–H and O–H groups in total. The highest BCUT2D eigenvalue weighted by atomic mass is 32.2. The second-order valence-electron chi connectivity index (χ2n) is 14.0. The standard InChI is InChI=1S/C41H55N3O7S3/c1-7-9-20-41(21-10-8-2)26-44(30-14-12-11-13-15-30)33-22-35(53-6)34(23-36(33)54(50)28(4)27(41)3)51-24-37(46)43-38(29-16-18-31(45)19-17-29)39(47)42-32(25-52-5)40(48)49/h11-19,22-23,27-28,32,38,45H,7-10,20-21,24-26H2,1-6H3,(H,42,47)(H,43,46)(H,48,49). The van der Waals surface area contributed by atoms with E-state index in [1.807, 2.05) is 30.5 Å². The van der Waals surface area contributed by atoms with Gasteiger partial charge in [0.15, 0.2) is 6.61 Å². The van der Waals surface area contributed by atoms with Crippen LogP contribution in [0.15, 0.2) is 76.5 Å². The third-order valence-electron chi connectivity index (χ3n) is 10.5. The highest BCUT2D eigenvalue weighted by Crippen LogP contribution is 2.50. The number of hydrogen-bond acceptors (Lipinski definition) is 9. The summed E-state index contributed by atoms with van der Waals surface area (Å²) < 4.78 is 20.9. The molecule has 5 unspecified atom stereocenters. The number of unbranched alkanes of at least 4 members (excludes halogenated alkanes) is 2. The number of nitrogens with zero attached hydrogens (tertiary/aromatic N) is 1. The second-order valence-corrected chi connectivity index (χ2v) is 17.5. The lowest BCUT2D eigenvalue weighted by atomic mass is 9.67. The number of aromatic hydroxyl groups is 1. The van der Waals surface area contributed by atoms with Crippen molar-refractivity contribution in [1.82, 2.24) is 10.6 Å². The van der Waals surface area contributed by atoms with Crippen LogP contribution in [0.1, 0.15) is 77.8 Å². The number of carbonyl (C=O) groups is 3. The fraction of sp³-hybridized carbons (Fsp3) is 0.488. The van der Waals surface area contributed by atoms with Crippen molar-refractivity contribution in [3.63, 3.8) is 0 Å². The van der Waals surface area contributed by atoms with Crippen LogP contribution in [0.25, 0.3) is 0 Å². The molecule has 0 saturated carbocycles. The number of aliphatic carboxylic acids is 1. The molecule has 0 aromatic heterocycles. The highest BCUT2D eigenvalue weighted by molar-refractivity contribution is 7.98. The van der Waals surface area contributed by atoms with Gasteiger partial charge in [-0.15, -0.1) is 11.8 Å². The van der Waals surface area contributed by atoms with Crippen LogP contribution in [0.4, 0.5) is 11.4 Å². The first-order valence-corrected chi connectivity index (χ1v) is 22.4. The van der Waals surface area contributed by atoms with Crippen molar-refractivity contribution in [2.75, 3.05) is 36.3 Å². The molecule has 3 aromatic rings. The minimum absolute atomic E-state index is 0.0265. The van der Waals surface area contributed by atoms with Crippen molar-refractivity contribution in [2.24, 2.45) is 11.3 Å². The molecule has 5 atom stereocenters. The van der Waals surface area contributed by atoms with Crippen molar-refractivity contribution in [3.05, 3.63) is 72.3 Å². The maximum atomic E-state index is 14.7. The minimum atomic E-state index is -1.41. The first kappa shape index (κ1) is 43.1. The molecule has 0 radical (unpaired) electrons. The number of phenolic OH excluding ortho intramolecular Hbond substituents is 1. The normalized spacial score (nSPS) is 19.1. The predicted molar refractivity (Wildman–Crippen MR) is 221 cm³/mol. The van der Waals surface area contributed by atoms with Gasteiger partial charge in [-0.3, -0.25) is 13.8 Å². The highest BCUT2D eigenvalue weighted by Gasteiger charge is 2.44. The lowest BCUT2D eigenvalue weighted by molar-refractivity contribution is -0.141. The van der Waals surface area contributed by atoms with Crippen LogP contribution in [-0.2, 0) is 25.2 Å². The summed E-state index contributed by atoms with van der Waals surface area (Å²) in [5.41, 5.74) is 2.18. The van der Waals surface area contributed by atoms with Crippen molar-refractivity contribution < 1.29 is 33.5 Å². The van der Waals surface area contributed by atoms with E-state index in [-0.39, 0.29) is 28.1 Å². The molecule has 3 aromatic carbocycles. The van der Waals surface area contributed by atoms with E-state index in [2.05, 4.69) is 55.4 Å². The van der Waals surface area contributed by atoms with Gasteiger partial charge in [0.25, 0.3) is 5.91 Å². The largest absolute Gasteiger partial charge is 0.508 e. The Morgan fingerprint density at radius 2 is 1.63 bits per heavy atom. The van der Waals surface area contributed by atoms with Gasteiger partial charge < -0.3 is 30.5 Å². The van der Waals surface area contributed by atoms with Gasteiger partial charge in [-0.1, -0.05) is 83.7 Å². The number of phenols is 1. The van der Waals surface area contributed by atoms with Crippen molar-refractivity contribution >= 4 is 63.5 Å². The number of carboxylic acid groups (broad SMARTS) is 1. The van der Waals surface area contributed by atoms with Crippen LogP contribution in [0, 0.1) is 11.3 Å². The van der Waals surface area contributed by atoms with E-state index < -0.39 is 47.3 Å². The molecule has 1 heterocycles. The van der Waals surface area contributed by atoms with Gasteiger partial charge in [-0.05, 0) is 78.6 Å². The van der Waals surface area contributed by atoms with E-state index >= 15 is 0 Å². The fourth-order valence-electron chi connectivity index (χ4n) is 7.15. The number of para-hydroxylation sites is 1. The quantitative estimate of drug-likeness (QED) is 0.0937. The van der Waals surface area contributed by atoms with Crippen LogP contribution in [0.5, 0.6) is 11.5 Å². The minimum Gasteiger partial charge on any atom is -0.508 e.